The summed E-state index contributed by atoms with van der Waals surface area (Å²) in [6, 6.07) is 8.76. The molecular weight excluding hydrogens is 216 g/mol. The van der Waals surface area contributed by atoms with E-state index in [1.165, 1.54) is 0 Å². The zero-order chi connectivity index (χ0) is 8.97. The van der Waals surface area contributed by atoms with Gasteiger partial charge in [0, 0.05) is 10.5 Å². The SMILES string of the molecule is CCC(C)Oc1[c]cc(Br)cc1. The summed E-state index contributed by atoms with van der Waals surface area (Å²) in [4.78, 5) is 0. The highest BCUT2D eigenvalue weighted by atomic mass is 79.9. The predicted octanol–water partition coefficient (Wildman–Crippen LogP) is 3.43. The first-order valence-corrected chi connectivity index (χ1v) is 4.85. The van der Waals surface area contributed by atoms with Crippen LogP contribution < -0.4 is 4.74 Å². The standard InChI is InChI=1S/C10H12BrO/c1-3-8(2)12-10-6-4-9(11)5-7-10/h4-6,8H,3H2,1-2H3. The van der Waals surface area contributed by atoms with Crippen molar-refractivity contribution >= 4 is 15.9 Å². The third-order valence-corrected chi connectivity index (χ3v) is 2.14. The van der Waals surface area contributed by atoms with E-state index < -0.39 is 0 Å². The molecule has 0 spiro atoms. The lowest BCUT2D eigenvalue weighted by atomic mass is 10.3. The molecule has 1 rings (SSSR count). The monoisotopic (exact) mass is 227 g/mol. The average molecular weight is 228 g/mol. The molecule has 1 radical (unpaired) electrons. The molecule has 0 saturated carbocycles. The first kappa shape index (κ1) is 9.59. The predicted molar refractivity (Wildman–Crippen MR) is 53.4 cm³/mol. The normalized spacial score (nSPS) is 12.6. The van der Waals surface area contributed by atoms with Crippen molar-refractivity contribution in [2.45, 2.75) is 26.4 Å². The van der Waals surface area contributed by atoms with Crippen LogP contribution in [0.1, 0.15) is 20.3 Å². The van der Waals surface area contributed by atoms with Crippen molar-refractivity contribution in [2.75, 3.05) is 0 Å². The summed E-state index contributed by atoms with van der Waals surface area (Å²) in [6.45, 7) is 4.15. The van der Waals surface area contributed by atoms with Crippen molar-refractivity contribution in [3.05, 3.63) is 28.7 Å². The molecule has 1 atom stereocenters. The molecule has 0 N–H and O–H groups in total. The van der Waals surface area contributed by atoms with E-state index in [1.807, 2.05) is 18.2 Å². The van der Waals surface area contributed by atoms with E-state index in [2.05, 4.69) is 35.8 Å². The molecule has 12 heavy (non-hydrogen) atoms. The van der Waals surface area contributed by atoms with Gasteiger partial charge in [-0.2, -0.15) is 0 Å². The minimum Gasteiger partial charge on any atom is -0.490 e. The van der Waals surface area contributed by atoms with E-state index in [9.17, 15) is 0 Å². The lowest BCUT2D eigenvalue weighted by Gasteiger charge is -2.11. The number of ether oxygens (including phenoxy) is 1. The van der Waals surface area contributed by atoms with Crippen molar-refractivity contribution < 1.29 is 4.74 Å². The summed E-state index contributed by atoms with van der Waals surface area (Å²) in [5.74, 6) is 0.813. The summed E-state index contributed by atoms with van der Waals surface area (Å²) < 4.78 is 6.57. The lowest BCUT2D eigenvalue weighted by Crippen LogP contribution is -2.09. The molecular formula is C10H12BrO. The van der Waals surface area contributed by atoms with Gasteiger partial charge in [0.05, 0.1) is 6.10 Å². The summed E-state index contributed by atoms with van der Waals surface area (Å²) in [5.41, 5.74) is 0. The van der Waals surface area contributed by atoms with Gasteiger partial charge in [-0.25, -0.2) is 0 Å². The molecule has 2 heteroatoms. The second-order valence-corrected chi connectivity index (χ2v) is 3.62. The smallest absolute Gasteiger partial charge is 0.127 e. The fourth-order valence-corrected chi connectivity index (χ4v) is 1.01. The molecule has 1 unspecified atom stereocenters. The third kappa shape index (κ3) is 2.86. The van der Waals surface area contributed by atoms with Crippen LogP contribution in [-0.4, -0.2) is 6.10 Å². The van der Waals surface area contributed by atoms with Crippen molar-refractivity contribution in [2.24, 2.45) is 0 Å². The van der Waals surface area contributed by atoms with Gasteiger partial charge in [0.2, 0.25) is 0 Å². The quantitative estimate of drug-likeness (QED) is 0.770. The first-order chi connectivity index (χ1) is 5.72. The minimum absolute atomic E-state index is 0.266. The molecule has 65 valence electrons. The maximum absolute atomic E-state index is 5.54. The minimum atomic E-state index is 0.266. The van der Waals surface area contributed by atoms with E-state index >= 15 is 0 Å². The van der Waals surface area contributed by atoms with E-state index in [-0.39, 0.29) is 6.10 Å². The van der Waals surface area contributed by atoms with Gasteiger partial charge < -0.3 is 4.74 Å². The Labute approximate surface area is 81.9 Å². The maximum Gasteiger partial charge on any atom is 0.127 e. The van der Waals surface area contributed by atoms with Crippen molar-refractivity contribution in [1.29, 1.82) is 0 Å². The maximum atomic E-state index is 5.54. The molecule has 0 heterocycles. The Bertz CT molecular complexity index is 230. The van der Waals surface area contributed by atoms with Crippen molar-refractivity contribution in [3.63, 3.8) is 0 Å². The Kier molecular flexibility index (Phi) is 3.60. The van der Waals surface area contributed by atoms with Crippen molar-refractivity contribution in [1.82, 2.24) is 0 Å². The highest BCUT2D eigenvalue weighted by Crippen LogP contribution is 2.16. The van der Waals surface area contributed by atoms with Crippen LogP contribution in [0.3, 0.4) is 0 Å². The Hall–Kier alpha value is -0.500. The lowest BCUT2D eigenvalue weighted by molar-refractivity contribution is 0.217. The molecule has 0 saturated heterocycles. The molecule has 0 aliphatic heterocycles. The number of hydrogen-bond acceptors (Lipinski definition) is 1. The van der Waals surface area contributed by atoms with Crippen LogP contribution in [-0.2, 0) is 0 Å². The van der Waals surface area contributed by atoms with Crippen LogP contribution in [0.15, 0.2) is 22.7 Å². The molecule has 1 aromatic carbocycles. The molecule has 0 fully saturated rings. The van der Waals surface area contributed by atoms with Crippen LogP contribution in [0.4, 0.5) is 0 Å². The van der Waals surface area contributed by atoms with Gasteiger partial charge in [-0.3, -0.25) is 0 Å². The number of halogens is 1. The fraction of sp³-hybridized carbons (Fsp3) is 0.400. The second-order valence-electron chi connectivity index (χ2n) is 2.71. The second kappa shape index (κ2) is 4.51. The molecule has 0 aromatic heterocycles. The number of rotatable bonds is 3. The largest absolute Gasteiger partial charge is 0.490 e. The van der Waals surface area contributed by atoms with E-state index in [1.54, 1.807) is 0 Å². The third-order valence-electron chi connectivity index (χ3n) is 1.65. The molecule has 1 aromatic rings. The molecule has 0 bridgehead atoms. The topological polar surface area (TPSA) is 9.23 Å². The molecule has 0 amide bonds. The zero-order valence-corrected chi connectivity index (χ0v) is 8.89. The van der Waals surface area contributed by atoms with Gasteiger partial charge in [0.1, 0.15) is 5.75 Å². The molecule has 1 nitrogen and oxygen atoms in total. The molecule has 0 aliphatic rings. The highest BCUT2D eigenvalue weighted by Gasteiger charge is 1.99. The van der Waals surface area contributed by atoms with Gasteiger partial charge in [-0.05, 0) is 31.5 Å². The van der Waals surface area contributed by atoms with Crippen LogP contribution in [0.25, 0.3) is 0 Å². The van der Waals surface area contributed by atoms with Crippen LogP contribution in [0.5, 0.6) is 5.75 Å². The Morgan fingerprint density at radius 1 is 1.58 bits per heavy atom. The van der Waals surface area contributed by atoms with Crippen LogP contribution >= 0.6 is 15.9 Å². The van der Waals surface area contributed by atoms with Gasteiger partial charge in [-0.15, -0.1) is 0 Å². The van der Waals surface area contributed by atoms with E-state index in [4.69, 9.17) is 4.74 Å². The summed E-state index contributed by atoms with van der Waals surface area (Å²) in [7, 11) is 0. The fourth-order valence-electron chi connectivity index (χ4n) is 0.765. The number of benzene rings is 1. The van der Waals surface area contributed by atoms with Gasteiger partial charge >= 0.3 is 0 Å². The Balaban J connectivity index is 2.58. The highest BCUT2D eigenvalue weighted by molar-refractivity contribution is 9.10. The first-order valence-electron chi connectivity index (χ1n) is 4.06. The summed E-state index contributed by atoms with van der Waals surface area (Å²) in [5, 5.41) is 0. The summed E-state index contributed by atoms with van der Waals surface area (Å²) >= 11 is 3.34. The van der Waals surface area contributed by atoms with Gasteiger partial charge in [0.15, 0.2) is 0 Å². The van der Waals surface area contributed by atoms with E-state index in [0.717, 1.165) is 16.6 Å². The van der Waals surface area contributed by atoms with Gasteiger partial charge in [-0.1, -0.05) is 22.9 Å². The zero-order valence-electron chi connectivity index (χ0n) is 7.30. The van der Waals surface area contributed by atoms with Gasteiger partial charge in [0.25, 0.3) is 0 Å². The number of hydrogen-bond donors (Lipinski definition) is 0. The van der Waals surface area contributed by atoms with Crippen LogP contribution in [0.2, 0.25) is 0 Å². The Morgan fingerprint density at radius 3 is 2.83 bits per heavy atom. The van der Waals surface area contributed by atoms with Crippen LogP contribution in [0, 0.1) is 6.07 Å². The molecule has 0 aliphatic carbocycles. The Morgan fingerprint density at radius 2 is 2.33 bits per heavy atom. The van der Waals surface area contributed by atoms with Crippen molar-refractivity contribution in [3.8, 4) is 5.75 Å². The van der Waals surface area contributed by atoms with E-state index in [0.29, 0.717) is 0 Å². The average Bonchev–Trinajstić information content (AvgIpc) is 2.09. The summed E-state index contributed by atoms with van der Waals surface area (Å²) in [6.07, 6.45) is 1.28.